The molecule has 0 spiro atoms. The average molecular weight is 478 g/mol. The Morgan fingerprint density at radius 1 is 1.12 bits per heavy atom. The summed E-state index contributed by atoms with van der Waals surface area (Å²) in [6.45, 7) is 1.02. The zero-order valence-corrected chi connectivity index (χ0v) is 19.4. The predicted molar refractivity (Wildman–Crippen MR) is 129 cm³/mol. The fourth-order valence-electron chi connectivity index (χ4n) is 4.12. The highest BCUT2D eigenvalue weighted by Gasteiger charge is 2.23. The number of benzene rings is 2. The summed E-state index contributed by atoms with van der Waals surface area (Å²) >= 11 is 6.42. The van der Waals surface area contributed by atoms with Gasteiger partial charge in [-0.05, 0) is 25.1 Å². The van der Waals surface area contributed by atoms with Crippen LogP contribution < -0.4 is 16.0 Å². The van der Waals surface area contributed by atoms with E-state index in [0.29, 0.717) is 22.2 Å². The van der Waals surface area contributed by atoms with Crippen LogP contribution in [0.3, 0.4) is 0 Å². The Morgan fingerprint density at radius 2 is 1.85 bits per heavy atom. The SMILES string of the molecule is COc1ccc(-n2c(-c3ccccc3)cn3c4c(=O)n(CC(C)=O)c(=O)n(C)c4nc23)cc1Cl. The van der Waals surface area contributed by atoms with Crippen molar-refractivity contribution in [3.8, 4) is 22.7 Å². The van der Waals surface area contributed by atoms with E-state index in [2.05, 4.69) is 4.98 Å². The van der Waals surface area contributed by atoms with Crippen LogP contribution in [0.25, 0.3) is 33.9 Å². The molecule has 0 amide bonds. The fourth-order valence-corrected chi connectivity index (χ4v) is 4.37. The Balaban J connectivity index is 1.92. The van der Waals surface area contributed by atoms with Crippen molar-refractivity contribution in [3.05, 3.63) is 80.6 Å². The van der Waals surface area contributed by atoms with E-state index in [9.17, 15) is 14.4 Å². The van der Waals surface area contributed by atoms with Crippen LogP contribution in [-0.2, 0) is 18.4 Å². The number of aryl methyl sites for hydroxylation is 1. The van der Waals surface area contributed by atoms with Gasteiger partial charge in [-0.25, -0.2) is 4.79 Å². The maximum atomic E-state index is 13.3. The lowest BCUT2D eigenvalue weighted by Crippen LogP contribution is -2.40. The number of aromatic nitrogens is 5. The highest BCUT2D eigenvalue weighted by Crippen LogP contribution is 2.32. The van der Waals surface area contributed by atoms with E-state index in [1.165, 1.54) is 25.6 Å². The number of imidazole rings is 2. The van der Waals surface area contributed by atoms with Gasteiger partial charge < -0.3 is 4.74 Å². The first-order valence-corrected chi connectivity index (χ1v) is 10.8. The summed E-state index contributed by atoms with van der Waals surface area (Å²) in [7, 11) is 3.07. The van der Waals surface area contributed by atoms with Gasteiger partial charge in [0, 0.05) is 18.8 Å². The number of hydrogen-bond acceptors (Lipinski definition) is 5. The van der Waals surface area contributed by atoms with E-state index in [-0.39, 0.29) is 23.5 Å². The second-order valence-corrected chi connectivity index (χ2v) is 8.33. The Morgan fingerprint density at radius 3 is 2.50 bits per heavy atom. The lowest BCUT2D eigenvalue weighted by atomic mass is 10.1. The number of carbonyl (C=O) groups is 1. The molecule has 9 nitrogen and oxygen atoms in total. The molecule has 0 saturated carbocycles. The number of carbonyl (C=O) groups excluding carboxylic acids is 1. The first-order valence-electron chi connectivity index (χ1n) is 10.4. The standard InChI is InChI=1S/C24H20ClN5O4/c1-14(31)12-29-22(32)20-21(27(2)24(29)33)26-23-28(20)13-18(15-7-5-4-6-8-15)30(23)16-9-10-19(34-3)17(25)11-16/h4-11,13H,12H2,1-3H3. The molecule has 2 aromatic carbocycles. The van der Waals surface area contributed by atoms with Crippen LogP contribution in [0.4, 0.5) is 0 Å². The van der Waals surface area contributed by atoms with Gasteiger partial charge in [-0.1, -0.05) is 41.9 Å². The van der Waals surface area contributed by atoms with Crippen molar-refractivity contribution in [2.75, 3.05) is 7.11 Å². The number of hydrogen-bond donors (Lipinski definition) is 0. The number of rotatable bonds is 5. The maximum Gasteiger partial charge on any atom is 0.332 e. The molecule has 5 aromatic rings. The summed E-state index contributed by atoms with van der Waals surface area (Å²) in [6, 6.07) is 15.0. The van der Waals surface area contributed by atoms with E-state index in [1.807, 2.05) is 41.0 Å². The molecule has 0 saturated heterocycles. The van der Waals surface area contributed by atoms with Gasteiger partial charge in [0.1, 0.15) is 11.5 Å². The minimum atomic E-state index is -0.601. The van der Waals surface area contributed by atoms with Gasteiger partial charge in [-0.15, -0.1) is 0 Å². The number of ether oxygens (including phenoxy) is 1. The minimum absolute atomic E-state index is 0.203. The average Bonchev–Trinajstić information content (AvgIpc) is 3.37. The third-order valence-electron chi connectivity index (χ3n) is 5.69. The van der Waals surface area contributed by atoms with Crippen LogP contribution in [0.15, 0.2) is 64.3 Å². The molecule has 34 heavy (non-hydrogen) atoms. The number of nitrogens with zero attached hydrogens (tertiary/aromatic N) is 5. The number of fused-ring (bicyclic) bond motifs is 3. The molecule has 172 valence electrons. The Labute approximate surface area is 198 Å². The van der Waals surface area contributed by atoms with Gasteiger partial charge in [-0.3, -0.25) is 27.7 Å². The molecule has 0 unspecified atom stereocenters. The fraction of sp³-hybridized carbons (Fsp3) is 0.167. The van der Waals surface area contributed by atoms with Gasteiger partial charge in [-0.2, -0.15) is 4.98 Å². The second kappa shape index (κ2) is 8.03. The molecule has 0 bridgehead atoms. The molecule has 3 heterocycles. The molecule has 0 aliphatic carbocycles. The first-order chi connectivity index (χ1) is 16.3. The van der Waals surface area contributed by atoms with Crippen molar-refractivity contribution in [2.24, 2.45) is 7.05 Å². The van der Waals surface area contributed by atoms with Crippen molar-refractivity contribution in [3.63, 3.8) is 0 Å². The quantitative estimate of drug-likeness (QED) is 0.388. The summed E-state index contributed by atoms with van der Waals surface area (Å²) < 4.78 is 11.0. The molecule has 0 N–H and O–H groups in total. The Bertz CT molecular complexity index is 1710. The maximum absolute atomic E-state index is 13.3. The highest BCUT2D eigenvalue weighted by atomic mass is 35.5. The zero-order chi connectivity index (χ0) is 24.1. The Hall–Kier alpha value is -4.11. The number of Topliss-reactive ketones (excluding diaryl/α,β-unsaturated/α-hetero) is 1. The normalized spacial score (nSPS) is 11.4. The first kappa shape index (κ1) is 21.7. The van der Waals surface area contributed by atoms with E-state index in [1.54, 1.807) is 22.7 Å². The molecule has 0 atom stereocenters. The summed E-state index contributed by atoms with van der Waals surface area (Å²) in [5, 5.41) is 0.415. The van der Waals surface area contributed by atoms with Gasteiger partial charge in [0.2, 0.25) is 5.78 Å². The zero-order valence-electron chi connectivity index (χ0n) is 18.7. The van der Waals surface area contributed by atoms with Crippen LogP contribution in [-0.4, -0.2) is 36.0 Å². The summed E-state index contributed by atoms with van der Waals surface area (Å²) in [5.41, 5.74) is 1.59. The van der Waals surface area contributed by atoms with Crippen LogP contribution >= 0.6 is 11.6 Å². The van der Waals surface area contributed by atoms with Crippen molar-refractivity contribution in [2.45, 2.75) is 13.5 Å². The lowest BCUT2D eigenvalue weighted by molar-refractivity contribution is -0.117. The van der Waals surface area contributed by atoms with Crippen LogP contribution in [0.1, 0.15) is 6.92 Å². The van der Waals surface area contributed by atoms with Gasteiger partial charge in [0.25, 0.3) is 5.56 Å². The molecule has 0 fully saturated rings. The Kier molecular flexibility index (Phi) is 5.13. The number of halogens is 1. The van der Waals surface area contributed by atoms with E-state index < -0.39 is 11.2 Å². The van der Waals surface area contributed by atoms with Crippen molar-refractivity contribution in [1.82, 2.24) is 23.1 Å². The van der Waals surface area contributed by atoms with Gasteiger partial charge in [0.15, 0.2) is 11.2 Å². The molecule has 0 aliphatic rings. The molecule has 0 aliphatic heterocycles. The largest absolute Gasteiger partial charge is 0.495 e. The molecular weight excluding hydrogens is 458 g/mol. The van der Waals surface area contributed by atoms with Crippen LogP contribution in [0.2, 0.25) is 5.02 Å². The van der Waals surface area contributed by atoms with Crippen molar-refractivity contribution >= 4 is 34.3 Å². The number of ketones is 1. The minimum Gasteiger partial charge on any atom is -0.495 e. The van der Waals surface area contributed by atoms with Crippen molar-refractivity contribution in [1.29, 1.82) is 0 Å². The molecule has 5 rings (SSSR count). The summed E-state index contributed by atoms with van der Waals surface area (Å²) in [6.07, 6.45) is 1.79. The van der Waals surface area contributed by atoms with Crippen LogP contribution in [0.5, 0.6) is 5.75 Å². The molecule has 10 heteroatoms. The summed E-state index contributed by atoms with van der Waals surface area (Å²) in [4.78, 5) is 42.5. The van der Waals surface area contributed by atoms with Crippen LogP contribution in [0, 0.1) is 0 Å². The van der Waals surface area contributed by atoms with Crippen molar-refractivity contribution < 1.29 is 9.53 Å². The van der Waals surface area contributed by atoms with Gasteiger partial charge >= 0.3 is 5.69 Å². The predicted octanol–water partition coefficient (Wildman–Crippen LogP) is 3.06. The third kappa shape index (κ3) is 3.24. The molecular formula is C24H20ClN5O4. The lowest BCUT2D eigenvalue weighted by Gasteiger charge is -2.11. The van der Waals surface area contributed by atoms with Gasteiger partial charge in [0.05, 0.1) is 30.1 Å². The summed E-state index contributed by atoms with van der Waals surface area (Å²) in [5.74, 6) is 0.648. The van der Waals surface area contributed by atoms with E-state index in [0.717, 1.165) is 15.8 Å². The topological polar surface area (TPSA) is 92.5 Å². The second-order valence-electron chi connectivity index (χ2n) is 7.92. The molecule has 0 radical (unpaired) electrons. The highest BCUT2D eigenvalue weighted by molar-refractivity contribution is 6.32. The van der Waals surface area contributed by atoms with E-state index >= 15 is 0 Å². The smallest absolute Gasteiger partial charge is 0.332 e. The monoisotopic (exact) mass is 477 g/mol. The molecule has 3 aromatic heterocycles. The third-order valence-corrected chi connectivity index (χ3v) is 5.99. The number of methoxy groups -OCH3 is 1. The van der Waals surface area contributed by atoms with E-state index in [4.69, 9.17) is 16.3 Å².